The Morgan fingerprint density at radius 3 is 2.64 bits per heavy atom. The molecule has 2 aliphatic heterocycles. The van der Waals surface area contributed by atoms with E-state index in [1.54, 1.807) is 29.3 Å². The Kier molecular flexibility index (Phi) is 8.46. The molecule has 10 nitrogen and oxygen atoms in total. The van der Waals surface area contributed by atoms with E-state index in [-0.39, 0.29) is 40.8 Å². The Balaban J connectivity index is 1.19. The van der Waals surface area contributed by atoms with Gasteiger partial charge in [0.1, 0.15) is 11.8 Å². The number of halogens is 3. The fourth-order valence-electron chi connectivity index (χ4n) is 6.79. The zero-order chi connectivity index (χ0) is 31.9. The first-order chi connectivity index (χ1) is 21.5. The summed E-state index contributed by atoms with van der Waals surface area (Å²) in [5.74, 6) is 0.0674. The van der Waals surface area contributed by atoms with Crippen LogP contribution in [0.1, 0.15) is 59.1 Å². The first kappa shape index (κ1) is 31.2. The fourth-order valence-corrected chi connectivity index (χ4v) is 7.46. The first-order valence-electron chi connectivity index (χ1n) is 15.1. The van der Waals surface area contributed by atoms with Gasteiger partial charge in [-0.15, -0.1) is 11.3 Å². The second kappa shape index (κ2) is 12.2. The van der Waals surface area contributed by atoms with Gasteiger partial charge >= 0.3 is 6.18 Å². The van der Waals surface area contributed by atoms with Gasteiger partial charge < -0.3 is 24.6 Å². The van der Waals surface area contributed by atoms with Crippen molar-refractivity contribution in [1.82, 2.24) is 30.1 Å². The topological polar surface area (TPSA) is 110 Å². The van der Waals surface area contributed by atoms with Gasteiger partial charge in [0.25, 0.3) is 11.8 Å². The van der Waals surface area contributed by atoms with Gasteiger partial charge in [-0.1, -0.05) is 6.92 Å². The van der Waals surface area contributed by atoms with E-state index in [0.717, 1.165) is 31.3 Å². The van der Waals surface area contributed by atoms with E-state index in [4.69, 9.17) is 14.5 Å². The maximum absolute atomic E-state index is 13.6. The van der Waals surface area contributed by atoms with Crippen LogP contribution in [0.25, 0.3) is 11.3 Å². The third-order valence-corrected chi connectivity index (χ3v) is 9.84. The van der Waals surface area contributed by atoms with Gasteiger partial charge in [0.05, 0.1) is 17.9 Å². The molecular formula is C31H35F3N6O4S. The van der Waals surface area contributed by atoms with Crippen LogP contribution in [0.3, 0.4) is 0 Å². The summed E-state index contributed by atoms with van der Waals surface area (Å²) in [5.41, 5.74) is 1.01. The smallest absolute Gasteiger partial charge is 0.443 e. The van der Waals surface area contributed by atoms with Crippen molar-refractivity contribution in [3.63, 3.8) is 0 Å². The van der Waals surface area contributed by atoms with Crippen LogP contribution in [0.4, 0.5) is 13.2 Å². The van der Waals surface area contributed by atoms with Crippen molar-refractivity contribution in [2.45, 2.75) is 51.4 Å². The molecule has 0 aromatic carbocycles. The van der Waals surface area contributed by atoms with E-state index >= 15 is 0 Å². The molecule has 2 saturated heterocycles. The quantitative estimate of drug-likeness (QED) is 0.355. The minimum Gasteiger partial charge on any atom is -0.488 e. The number of ether oxygens (including phenoxy) is 2. The third-order valence-electron chi connectivity index (χ3n) is 8.95. The van der Waals surface area contributed by atoms with Crippen molar-refractivity contribution < 1.29 is 32.2 Å². The van der Waals surface area contributed by atoms with Gasteiger partial charge in [0.15, 0.2) is 16.5 Å². The second-order valence-corrected chi connectivity index (χ2v) is 12.8. The maximum Gasteiger partial charge on any atom is 0.443 e. The molecule has 0 bridgehead atoms. The molecule has 1 saturated carbocycles. The standard InChI is InChI=1S/C31H35F3N6O4S/c1-4-20-24(13-30(20)16-40(17-30)28(42)22-15-45-29(38-22)31(32,33)34)44-23-9-8-21(19-7-6-11-35-27(19)43-5-2)37-25(23)26(41)36-18-10-12-39(3)14-18/h6-9,11,15,18,20,24H,4-5,10,12-14,16-17H2,1-3H3,(H,36,41)/t18-,20?,24?/m1/s1. The fraction of sp³-hybridized carbons (Fsp3) is 0.516. The molecule has 5 heterocycles. The lowest BCUT2D eigenvalue weighted by molar-refractivity contribution is -0.164. The van der Waals surface area contributed by atoms with Crippen LogP contribution < -0.4 is 14.8 Å². The van der Waals surface area contributed by atoms with Gasteiger partial charge in [-0.05, 0) is 64.0 Å². The number of nitrogens with zero attached hydrogens (tertiary/aromatic N) is 5. The van der Waals surface area contributed by atoms with Crippen molar-refractivity contribution in [3.05, 3.63) is 52.2 Å². The molecule has 3 aliphatic rings. The lowest BCUT2D eigenvalue weighted by Gasteiger charge is -2.63. The molecule has 3 aromatic heterocycles. The number of carbonyl (C=O) groups excluding carboxylic acids is 2. The van der Waals surface area contributed by atoms with Crippen LogP contribution in [0.15, 0.2) is 35.8 Å². The van der Waals surface area contributed by atoms with Crippen LogP contribution in [-0.2, 0) is 6.18 Å². The SMILES string of the molecule is CCOc1ncccc1-c1ccc(OC2CC3(CN(C(=O)c4csc(C(F)(F)F)n4)C3)C2CC)c(C(=O)N[C@@H]2CCN(C)C2)n1. The van der Waals surface area contributed by atoms with E-state index in [1.165, 1.54) is 0 Å². The molecular weight excluding hydrogens is 609 g/mol. The molecule has 3 aromatic rings. The van der Waals surface area contributed by atoms with E-state index in [0.29, 0.717) is 60.3 Å². The summed E-state index contributed by atoms with van der Waals surface area (Å²) in [5, 5.41) is 3.25. The Hall–Kier alpha value is -3.78. The Morgan fingerprint density at radius 1 is 1.18 bits per heavy atom. The lowest BCUT2D eigenvalue weighted by Crippen LogP contribution is -2.71. The minimum atomic E-state index is -4.58. The Labute approximate surface area is 263 Å². The number of rotatable bonds is 9. The summed E-state index contributed by atoms with van der Waals surface area (Å²) in [6, 6.07) is 7.17. The molecule has 45 heavy (non-hydrogen) atoms. The number of carbonyl (C=O) groups is 2. The number of hydrogen-bond acceptors (Lipinski definition) is 9. The van der Waals surface area contributed by atoms with E-state index in [9.17, 15) is 22.8 Å². The maximum atomic E-state index is 13.6. The van der Waals surface area contributed by atoms with Crippen molar-refractivity contribution in [3.8, 4) is 22.9 Å². The summed E-state index contributed by atoms with van der Waals surface area (Å²) < 4.78 is 51.2. The van der Waals surface area contributed by atoms with Crippen LogP contribution >= 0.6 is 11.3 Å². The molecule has 6 rings (SSSR count). The highest BCUT2D eigenvalue weighted by Gasteiger charge is 2.61. The number of thiazole rings is 1. The van der Waals surface area contributed by atoms with Crippen LogP contribution in [0.5, 0.6) is 11.6 Å². The molecule has 1 spiro atoms. The molecule has 3 atom stereocenters. The number of amides is 2. The van der Waals surface area contributed by atoms with Crippen LogP contribution in [0, 0.1) is 11.3 Å². The number of hydrogen-bond donors (Lipinski definition) is 1. The molecule has 0 radical (unpaired) electrons. The third kappa shape index (κ3) is 6.09. The highest BCUT2D eigenvalue weighted by molar-refractivity contribution is 7.10. The zero-order valence-corrected chi connectivity index (χ0v) is 26.1. The van der Waals surface area contributed by atoms with E-state index in [2.05, 4.69) is 20.2 Å². The predicted molar refractivity (Wildman–Crippen MR) is 160 cm³/mol. The van der Waals surface area contributed by atoms with Crippen molar-refractivity contribution in [1.29, 1.82) is 0 Å². The number of likely N-dealkylation sites (N-methyl/N-ethyl adjacent to an activating group) is 1. The highest BCUT2D eigenvalue weighted by atomic mass is 32.1. The van der Waals surface area contributed by atoms with Crippen LogP contribution in [-0.4, -0.2) is 88.5 Å². The van der Waals surface area contributed by atoms with Gasteiger partial charge in [-0.3, -0.25) is 9.59 Å². The van der Waals surface area contributed by atoms with E-state index < -0.39 is 17.1 Å². The summed E-state index contributed by atoms with van der Waals surface area (Å²) in [6.45, 7) is 6.82. The lowest BCUT2D eigenvalue weighted by atomic mass is 9.53. The average Bonchev–Trinajstić information content (AvgIpc) is 3.64. The normalized spacial score (nSPS) is 22.5. The van der Waals surface area contributed by atoms with Gasteiger partial charge in [-0.2, -0.15) is 13.2 Å². The molecule has 240 valence electrons. The average molecular weight is 645 g/mol. The van der Waals surface area contributed by atoms with E-state index in [1.807, 2.05) is 27.0 Å². The van der Waals surface area contributed by atoms with Gasteiger partial charge in [0, 0.05) is 48.6 Å². The van der Waals surface area contributed by atoms with Crippen molar-refractivity contribution >= 4 is 23.2 Å². The van der Waals surface area contributed by atoms with Crippen molar-refractivity contribution in [2.75, 3.05) is 39.8 Å². The molecule has 1 aliphatic carbocycles. The highest BCUT2D eigenvalue weighted by Crippen LogP contribution is 2.56. The molecule has 2 unspecified atom stereocenters. The zero-order valence-electron chi connectivity index (χ0n) is 25.3. The summed E-state index contributed by atoms with van der Waals surface area (Å²) in [4.78, 5) is 42.8. The number of pyridine rings is 2. The molecule has 2 amide bonds. The largest absolute Gasteiger partial charge is 0.488 e. The van der Waals surface area contributed by atoms with Crippen molar-refractivity contribution in [2.24, 2.45) is 11.3 Å². The Bertz CT molecular complexity index is 1580. The number of alkyl halides is 3. The molecule has 1 N–H and O–H groups in total. The van der Waals surface area contributed by atoms with Gasteiger partial charge in [-0.25, -0.2) is 15.0 Å². The number of aromatic nitrogens is 3. The van der Waals surface area contributed by atoms with Crippen LogP contribution in [0.2, 0.25) is 0 Å². The summed E-state index contributed by atoms with van der Waals surface area (Å²) in [7, 11) is 2.01. The Morgan fingerprint density at radius 2 is 1.98 bits per heavy atom. The molecule has 3 fully saturated rings. The minimum absolute atomic E-state index is 0.00281. The second-order valence-electron chi connectivity index (χ2n) is 12.0. The first-order valence-corrected chi connectivity index (χ1v) is 16.0. The summed E-state index contributed by atoms with van der Waals surface area (Å²) in [6.07, 6.45) is -0.891. The monoisotopic (exact) mass is 644 g/mol. The molecule has 14 heteroatoms. The van der Waals surface area contributed by atoms with Gasteiger partial charge in [0.2, 0.25) is 5.88 Å². The summed E-state index contributed by atoms with van der Waals surface area (Å²) >= 11 is 0.424. The number of likely N-dealkylation sites (tertiary alicyclic amines) is 2. The number of nitrogens with one attached hydrogen (secondary N) is 1. The predicted octanol–water partition coefficient (Wildman–Crippen LogP) is 4.77.